The van der Waals surface area contributed by atoms with Gasteiger partial charge in [0.15, 0.2) is 0 Å². The van der Waals surface area contributed by atoms with Crippen LogP contribution in [-0.4, -0.2) is 16.3 Å². The van der Waals surface area contributed by atoms with Crippen LogP contribution in [0.2, 0.25) is 0 Å². The minimum absolute atomic E-state index is 0.876. The Morgan fingerprint density at radius 1 is 1.67 bits per heavy atom. The zero-order valence-electron chi connectivity index (χ0n) is 7.62. The number of aryl methyl sites for hydroxylation is 1. The summed E-state index contributed by atoms with van der Waals surface area (Å²) in [6, 6.07) is 2.02. The zero-order valence-corrected chi connectivity index (χ0v) is 7.62. The highest BCUT2D eigenvalue weighted by molar-refractivity contribution is 4.99. The van der Waals surface area contributed by atoms with Crippen LogP contribution in [0.25, 0.3) is 0 Å². The number of rotatable bonds is 4. The molecular weight excluding hydrogens is 150 g/mol. The number of hydrogen-bond acceptors (Lipinski definition) is 2. The van der Waals surface area contributed by atoms with Gasteiger partial charge in [0.2, 0.25) is 0 Å². The topological polar surface area (TPSA) is 29.9 Å². The number of hydrogen-bond donors (Lipinski definition) is 1. The Balaban J connectivity index is 2.28. The van der Waals surface area contributed by atoms with E-state index in [9.17, 15) is 0 Å². The van der Waals surface area contributed by atoms with Gasteiger partial charge in [0.25, 0.3) is 0 Å². The van der Waals surface area contributed by atoms with Crippen LogP contribution in [0.15, 0.2) is 24.4 Å². The molecule has 0 saturated carbocycles. The molecule has 1 rings (SSSR count). The predicted molar refractivity (Wildman–Crippen MR) is 49.7 cm³/mol. The monoisotopic (exact) mass is 165 g/mol. The van der Waals surface area contributed by atoms with E-state index in [1.54, 1.807) is 0 Å². The van der Waals surface area contributed by atoms with E-state index >= 15 is 0 Å². The fourth-order valence-corrected chi connectivity index (χ4v) is 0.976. The second-order valence-corrected chi connectivity index (χ2v) is 2.65. The first-order chi connectivity index (χ1) is 5.84. The van der Waals surface area contributed by atoms with Crippen molar-refractivity contribution in [2.45, 2.75) is 13.5 Å². The molecule has 1 heterocycles. The van der Waals surface area contributed by atoms with E-state index in [0.29, 0.717) is 0 Å². The molecule has 0 aliphatic rings. The molecule has 0 spiro atoms. The number of allylic oxidation sites excluding steroid dienone is 1. The second kappa shape index (κ2) is 4.72. The van der Waals surface area contributed by atoms with Crippen molar-refractivity contribution in [3.8, 4) is 0 Å². The molecular formula is C9H15N3. The van der Waals surface area contributed by atoms with Crippen molar-refractivity contribution in [1.82, 2.24) is 15.1 Å². The van der Waals surface area contributed by atoms with Gasteiger partial charge < -0.3 is 5.32 Å². The molecule has 0 bridgehead atoms. The molecule has 1 aromatic rings. The summed E-state index contributed by atoms with van der Waals surface area (Å²) in [6.07, 6.45) is 5.94. The summed E-state index contributed by atoms with van der Waals surface area (Å²) < 4.78 is 1.88. The molecule has 0 aromatic carbocycles. The van der Waals surface area contributed by atoms with Gasteiger partial charge in [-0.15, -0.1) is 0 Å². The van der Waals surface area contributed by atoms with Gasteiger partial charge >= 0.3 is 0 Å². The van der Waals surface area contributed by atoms with Crippen LogP contribution in [0.4, 0.5) is 0 Å². The molecule has 0 unspecified atom stereocenters. The van der Waals surface area contributed by atoms with Crippen LogP contribution in [0.3, 0.4) is 0 Å². The van der Waals surface area contributed by atoms with Gasteiger partial charge in [-0.3, -0.25) is 4.68 Å². The lowest BCUT2D eigenvalue weighted by atomic mass is 10.4. The Labute approximate surface area is 73.1 Å². The van der Waals surface area contributed by atoms with Gasteiger partial charge in [0, 0.05) is 26.3 Å². The van der Waals surface area contributed by atoms with Gasteiger partial charge in [0.1, 0.15) is 0 Å². The SMILES string of the molecule is C/C=C/CNCc1ccnn1C. The standard InChI is InChI=1S/C9H15N3/c1-3-4-6-10-8-9-5-7-11-12(9)2/h3-5,7,10H,6,8H2,1-2H3/b4-3+. The predicted octanol–water partition coefficient (Wildman–Crippen LogP) is 1.09. The van der Waals surface area contributed by atoms with Gasteiger partial charge in [-0.2, -0.15) is 5.10 Å². The minimum atomic E-state index is 0.876. The van der Waals surface area contributed by atoms with Gasteiger partial charge in [-0.25, -0.2) is 0 Å². The van der Waals surface area contributed by atoms with Crippen LogP contribution in [0, 0.1) is 0 Å². The molecule has 0 fully saturated rings. The number of aromatic nitrogens is 2. The Kier molecular flexibility index (Phi) is 3.54. The van der Waals surface area contributed by atoms with Gasteiger partial charge in [-0.05, 0) is 13.0 Å². The molecule has 1 aromatic heterocycles. The maximum atomic E-state index is 4.07. The third-order valence-electron chi connectivity index (χ3n) is 1.73. The Hall–Kier alpha value is -1.09. The largest absolute Gasteiger partial charge is 0.308 e. The van der Waals surface area contributed by atoms with E-state index in [1.807, 2.05) is 37.0 Å². The quantitative estimate of drug-likeness (QED) is 0.534. The van der Waals surface area contributed by atoms with E-state index in [2.05, 4.69) is 16.5 Å². The van der Waals surface area contributed by atoms with E-state index < -0.39 is 0 Å². The molecule has 1 N–H and O–H groups in total. The molecule has 3 heteroatoms. The van der Waals surface area contributed by atoms with E-state index in [-0.39, 0.29) is 0 Å². The Morgan fingerprint density at radius 3 is 3.08 bits per heavy atom. The van der Waals surface area contributed by atoms with Crippen LogP contribution in [-0.2, 0) is 13.6 Å². The maximum absolute atomic E-state index is 4.07. The van der Waals surface area contributed by atoms with Crippen LogP contribution in [0.1, 0.15) is 12.6 Å². The van der Waals surface area contributed by atoms with Gasteiger partial charge in [-0.1, -0.05) is 12.2 Å². The van der Waals surface area contributed by atoms with Crippen molar-refractivity contribution in [2.75, 3.05) is 6.54 Å². The highest BCUT2D eigenvalue weighted by atomic mass is 15.3. The van der Waals surface area contributed by atoms with Crippen molar-refractivity contribution < 1.29 is 0 Å². The average Bonchev–Trinajstić information content (AvgIpc) is 2.46. The molecule has 3 nitrogen and oxygen atoms in total. The molecule has 12 heavy (non-hydrogen) atoms. The molecule has 0 radical (unpaired) electrons. The Morgan fingerprint density at radius 2 is 2.50 bits per heavy atom. The first kappa shape index (κ1) is 9.00. The average molecular weight is 165 g/mol. The molecule has 66 valence electrons. The summed E-state index contributed by atoms with van der Waals surface area (Å²) in [4.78, 5) is 0. The lowest BCUT2D eigenvalue weighted by Gasteiger charge is -2.01. The molecule has 0 saturated heterocycles. The normalized spacial score (nSPS) is 11.2. The maximum Gasteiger partial charge on any atom is 0.0518 e. The fraction of sp³-hybridized carbons (Fsp3) is 0.444. The third-order valence-corrected chi connectivity index (χ3v) is 1.73. The van der Waals surface area contributed by atoms with E-state index in [1.165, 1.54) is 5.69 Å². The lowest BCUT2D eigenvalue weighted by molar-refractivity contribution is 0.655. The summed E-state index contributed by atoms with van der Waals surface area (Å²) >= 11 is 0. The smallest absolute Gasteiger partial charge is 0.0518 e. The summed E-state index contributed by atoms with van der Waals surface area (Å²) in [5.41, 5.74) is 1.21. The van der Waals surface area contributed by atoms with Crippen molar-refractivity contribution in [3.63, 3.8) is 0 Å². The molecule has 0 aliphatic heterocycles. The summed E-state index contributed by atoms with van der Waals surface area (Å²) in [5, 5.41) is 7.36. The zero-order chi connectivity index (χ0) is 8.81. The van der Waals surface area contributed by atoms with Crippen LogP contribution in [0.5, 0.6) is 0 Å². The minimum Gasteiger partial charge on any atom is -0.308 e. The highest BCUT2D eigenvalue weighted by Crippen LogP contribution is 1.93. The first-order valence-electron chi connectivity index (χ1n) is 4.13. The summed E-state index contributed by atoms with van der Waals surface area (Å²) in [6.45, 7) is 3.81. The number of nitrogens with zero attached hydrogens (tertiary/aromatic N) is 2. The second-order valence-electron chi connectivity index (χ2n) is 2.65. The summed E-state index contributed by atoms with van der Waals surface area (Å²) in [7, 11) is 1.95. The van der Waals surface area contributed by atoms with E-state index in [4.69, 9.17) is 0 Å². The van der Waals surface area contributed by atoms with E-state index in [0.717, 1.165) is 13.1 Å². The van der Waals surface area contributed by atoms with Crippen molar-refractivity contribution >= 4 is 0 Å². The van der Waals surface area contributed by atoms with Crippen molar-refractivity contribution in [3.05, 3.63) is 30.1 Å². The fourth-order valence-electron chi connectivity index (χ4n) is 0.976. The van der Waals surface area contributed by atoms with Crippen LogP contribution >= 0.6 is 0 Å². The van der Waals surface area contributed by atoms with Gasteiger partial charge in [0.05, 0.1) is 5.69 Å². The van der Waals surface area contributed by atoms with Crippen LogP contribution < -0.4 is 5.32 Å². The number of nitrogens with one attached hydrogen (secondary N) is 1. The van der Waals surface area contributed by atoms with Crippen molar-refractivity contribution in [2.24, 2.45) is 7.05 Å². The first-order valence-corrected chi connectivity index (χ1v) is 4.13. The third kappa shape index (κ3) is 2.51. The van der Waals surface area contributed by atoms with Crippen molar-refractivity contribution in [1.29, 1.82) is 0 Å². The Bertz CT molecular complexity index is 250. The lowest BCUT2D eigenvalue weighted by Crippen LogP contribution is -2.15. The molecule has 0 atom stereocenters. The molecule has 0 amide bonds. The highest BCUT2D eigenvalue weighted by Gasteiger charge is 1.94. The summed E-state index contributed by atoms with van der Waals surface area (Å²) in [5.74, 6) is 0. The molecule has 0 aliphatic carbocycles.